The maximum atomic E-state index is 12.1. The van der Waals surface area contributed by atoms with Crippen LogP contribution in [0.4, 0.5) is 13.2 Å². The fourth-order valence-corrected chi connectivity index (χ4v) is 1.52. The van der Waals surface area contributed by atoms with E-state index in [2.05, 4.69) is 11.6 Å². The van der Waals surface area contributed by atoms with Crippen molar-refractivity contribution >= 4 is 23.4 Å². The predicted octanol–water partition coefficient (Wildman–Crippen LogP) is 2.50. The number of hydrogen-bond acceptors (Lipinski definition) is 3. The van der Waals surface area contributed by atoms with Crippen molar-refractivity contribution in [2.75, 3.05) is 0 Å². The number of carboxylic acid groups (broad SMARTS) is 1. The minimum Gasteiger partial charge on any atom is -0.476 e. The van der Waals surface area contributed by atoms with Gasteiger partial charge in [-0.2, -0.15) is 13.2 Å². The number of hydrogen-bond donors (Lipinski definition) is 1. The Balaban J connectivity index is 3.27. The van der Waals surface area contributed by atoms with Crippen molar-refractivity contribution in [3.63, 3.8) is 0 Å². The first-order chi connectivity index (χ1) is 6.36. The lowest BCUT2D eigenvalue weighted by Gasteiger charge is -1.98. The van der Waals surface area contributed by atoms with Crippen LogP contribution in [0.2, 0.25) is 0 Å². The largest absolute Gasteiger partial charge is 0.476 e. The van der Waals surface area contributed by atoms with E-state index in [0.29, 0.717) is 0 Å². The SMILES string of the molecule is C=Cc1sc(C(F)(F)F)nc1C(=O)O. The quantitative estimate of drug-likeness (QED) is 0.837. The molecule has 0 fully saturated rings. The second-order valence-electron chi connectivity index (χ2n) is 2.24. The van der Waals surface area contributed by atoms with Crippen LogP contribution in [-0.4, -0.2) is 16.1 Å². The molecule has 0 aliphatic rings. The summed E-state index contributed by atoms with van der Waals surface area (Å²) < 4.78 is 36.3. The standard InChI is InChI=1S/C7H4F3NO2S/c1-2-3-4(5(12)13)11-6(14-3)7(8,9)10/h2H,1H2,(H,12,13). The van der Waals surface area contributed by atoms with E-state index in [1.54, 1.807) is 0 Å². The Morgan fingerprint density at radius 3 is 2.43 bits per heavy atom. The van der Waals surface area contributed by atoms with Gasteiger partial charge in [-0.1, -0.05) is 6.58 Å². The van der Waals surface area contributed by atoms with Crippen molar-refractivity contribution in [3.8, 4) is 0 Å². The second kappa shape index (κ2) is 3.41. The highest BCUT2D eigenvalue weighted by atomic mass is 32.1. The van der Waals surface area contributed by atoms with Gasteiger partial charge in [0.05, 0.1) is 4.88 Å². The number of nitrogens with zero attached hydrogens (tertiary/aromatic N) is 1. The molecular weight excluding hydrogens is 219 g/mol. The van der Waals surface area contributed by atoms with E-state index >= 15 is 0 Å². The van der Waals surface area contributed by atoms with Gasteiger partial charge in [0.15, 0.2) is 10.7 Å². The maximum Gasteiger partial charge on any atom is 0.443 e. The molecule has 1 rings (SSSR count). The molecule has 0 bridgehead atoms. The van der Waals surface area contributed by atoms with Crippen molar-refractivity contribution in [2.24, 2.45) is 0 Å². The first-order valence-electron chi connectivity index (χ1n) is 3.30. The summed E-state index contributed by atoms with van der Waals surface area (Å²) in [7, 11) is 0. The van der Waals surface area contributed by atoms with Crippen molar-refractivity contribution in [3.05, 3.63) is 22.2 Å². The Kier molecular flexibility index (Phi) is 2.61. The second-order valence-corrected chi connectivity index (χ2v) is 3.27. The lowest BCUT2D eigenvalue weighted by atomic mass is 10.3. The van der Waals surface area contributed by atoms with Crippen molar-refractivity contribution in [2.45, 2.75) is 6.18 Å². The van der Waals surface area contributed by atoms with Crippen molar-refractivity contribution in [1.82, 2.24) is 4.98 Å². The summed E-state index contributed by atoms with van der Waals surface area (Å²) in [5.41, 5.74) is -0.614. The zero-order valence-electron chi connectivity index (χ0n) is 6.63. The molecular formula is C7H4F3NO2S. The summed E-state index contributed by atoms with van der Waals surface area (Å²) in [6, 6.07) is 0. The molecule has 7 heteroatoms. The average Bonchev–Trinajstić information content (AvgIpc) is 2.45. The number of carbonyl (C=O) groups is 1. The highest BCUT2D eigenvalue weighted by Crippen LogP contribution is 2.34. The summed E-state index contributed by atoms with van der Waals surface area (Å²) in [6.45, 7) is 3.21. The van der Waals surface area contributed by atoms with Gasteiger partial charge in [-0.25, -0.2) is 9.78 Å². The van der Waals surface area contributed by atoms with E-state index in [1.807, 2.05) is 0 Å². The molecule has 0 aliphatic carbocycles. The minimum atomic E-state index is -4.61. The number of halogens is 3. The zero-order chi connectivity index (χ0) is 10.9. The lowest BCUT2D eigenvalue weighted by molar-refractivity contribution is -0.137. The van der Waals surface area contributed by atoms with Crippen LogP contribution in [-0.2, 0) is 6.18 Å². The Bertz CT molecular complexity index is 383. The van der Waals surface area contributed by atoms with Gasteiger partial charge >= 0.3 is 12.1 Å². The monoisotopic (exact) mass is 223 g/mol. The molecule has 0 atom stereocenters. The molecule has 0 spiro atoms. The summed E-state index contributed by atoms with van der Waals surface area (Å²) in [6.07, 6.45) is -3.58. The molecule has 0 aromatic carbocycles. The predicted molar refractivity (Wildman–Crippen MR) is 44.2 cm³/mol. The highest BCUT2D eigenvalue weighted by Gasteiger charge is 2.36. The lowest BCUT2D eigenvalue weighted by Crippen LogP contribution is -2.06. The van der Waals surface area contributed by atoms with E-state index in [-0.39, 0.29) is 16.2 Å². The summed E-state index contributed by atoms with van der Waals surface area (Å²) in [4.78, 5) is 13.3. The van der Waals surface area contributed by atoms with Crippen LogP contribution in [0.1, 0.15) is 20.4 Å². The van der Waals surface area contributed by atoms with Gasteiger partial charge < -0.3 is 5.11 Å². The molecule has 3 nitrogen and oxygen atoms in total. The number of aromatic nitrogens is 1. The van der Waals surface area contributed by atoms with Crippen LogP contribution < -0.4 is 0 Å². The number of carboxylic acids is 1. The van der Waals surface area contributed by atoms with Crippen molar-refractivity contribution < 1.29 is 23.1 Å². The van der Waals surface area contributed by atoms with Crippen LogP contribution in [0.3, 0.4) is 0 Å². The molecule has 76 valence electrons. The van der Waals surface area contributed by atoms with E-state index in [0.717, 1.165) is 6.08 Å². The first-order valence-corrected chi connectivity index (χ1v) is 4.11. The third-order valence-electron chi connectivity index (χ3n) is 1.28. The summed E-state index contributed by atoms with van der Waals surface area (Å²) in [5, 5.41) is 7.33. The van der Waals surface area contributed by atoms with Crippen LogP contribution in [0, 0.1) is 0 Å². The van der Waals surface area contributed by atoms with Gasteiger partial charge in [-0.05, 0) is 6.08 Å². The van der Waals surface area contributed by atoms with Crippen LogP contribution >= 0.6 is 11.3 Å². The van der Waals surface area contributed by atoms with Gasteiger partial charge in [-0.3, -0.25) is 0 Å². The molecule has 1 heterocycles. The Labute approximate surface area is 80.5 Å². The molecule has 14 heavy (non-hydrogen) atoms. The fourth-order valence-electron chi connectivity index (χ4n) is 0.745. The molecule has 0 saturated carbocycles. The van der Waals surface area contributed by atoms with Gasteiger partial charge in [0.25, 0.3) is 0 Å². The molecule has 1 aromatic rings. The van der Waals surface area contributed by atoms with Gasteiger partial charge in [-0.15, -0.1) is 11.3 Å². The van der Waals surface area contributed by atoms with E-state index in [9.17, 15) is 18.0 Å². The summed E-state index contributed by atoms with van der Waals surface area (Å²) >= 11 is 0.260. The van der Waals surface area contributed by atoms with Gasteiger partial charge in [0.1, 0.15) is 0 Å². The number of rotatable bonds is 2. The summed E-state index contributed by atoms with van der Waals surface area (Å²) in [5.74, 6) is -1.49. The Morgan fingerprint density at radius 1 is 1.57 bits per heavy atom. The van der Waals surface area contributed by atoms with Crippen LogP contribution in [0.25, 0.3) is 6.08 Å². The molecule has 0 radical (unpaired) electrons. The van der Waals surface area contributed by atoms with E-state index in [4.69, 9.17) is 5.11 Å². The molecule has 1 aromatic heterocycles. The first kappa shape index (κ1) is 10.7. The molecule has 0 unspecified atom stereocenters. The average molecular weight is 223 g/mol. The van der Waals surface area contributed by atoms with Crippen LogP contribution in [0.15, 0.2) is 6.58 Å². The Hall–Kier alpha value is -1.37. The highest BCUT2D eigenvalue weighted by molar-refractivity contribution is 7.13. The van der Waals surface area contributed by atoms with Crippen LogP contribution in [0.5, 0.6) is 0 Å². The zero-order valence-corrected chi connectivity index (χ0v) is 7.45. The van der Waals surface area contributed by atoms with Gasteiger partial charge in [0, 0.05) is 0 Å². The number of alkyl halides is 3. The molecule has 0 saturated heterocycles. The third kappa shape index (κ3) is 1.92. The topological polar surface area (TPSA) is 50.2 Å². The van der Waals surface area contributed by atoms with Gasteiger partial charge in [0.2, 0.25) is 0 Å². The smallest absolute Gasteiger partial charge is 0.443 e. The van der Waals surface area contributed by atoms with Crippen molar-refractivity contribution in [1.29, 1.82) is 0 Å². The normalized spacial score (nSPS) is 11.4. The molecule has 1 N–H and O–H groups in total. The molecule has 0 amide bonds. The molecule has 0 aliphatic heterocycles. The number of aromatic carboxylic acids is 1. The minimum absolute atomic E-state index is 0.0928. The third-order valence-corrected chi connectivity index (χ3v) is 2.38. The maximum absolute atomic E-state index is 12.1. The Morgan fingerprint density at radius 2 is 2.14 bits per heavy atom. The fraction of sp³-hybridized carbons (Fsp3) is 0.143. The van der Waals surface area contributed by atoms with E-state index in [1.165, 1.54) is 0 Å². The van der Waals surface area contributed by atoms with E-state index < -0.39 is 22.8 Å². The number of thiazole rings is 1.